The maximum absolute atomic E-state index is 14.0. The number of nitrogens with zero attached hydrogens (tertiary/aromatic N) is 7. The summed E-state index contributed by atoms with van der Waals surface area (Å²) < 4.78 is 46.6. The van der Waals surface area contributed by atoms with Gasteiger partial charge in [-0.05, 0) is 120 Å². The maximum Gasteiger partial charge on any atom is 0.416 e. The summed E-state index contributed by atoms with van der Waals surface area (Å²) in [5, 5.41) is 12.4. The quantitative estimate of drug-likeness (QED) is 0.126. The van der Waals surface area contributed by atoms with Crippen molar-refractivity contribution in [1.82, 2.24) is 50.5 Å². The van der Waals surface area contributed by atoms with E-state index in [9.17, 15) is 41.9 Å². The Morgan fingerprint density at radius 2 is 1.64 bits per heavy atom. The van der Waals surface area contributed by atoms with Gasteiger partial charge < -0.3 is 45.6 Å². The van der Waals surface area contributed by atoms with Crippen LogP contribution in [0.25, 0.3) is 10.9 Å². The standard InChI is InChI=1S/C53H72F3N11O7/c1-33(2)64(3)37-8-10-43(67-23-13-41(51(67)73)63-48-38-28-36(53(54,55)56)7-9-40(38)60-32-61-48)42(29-37)62-44(68)14-26-74-27-15-45(69)66-24-18-52(19-25-66)16-11-34(12-17-52)49(71)58-21-22-59-50(72)39-30-46(70)65(4)47(39)35-6-5-20-57-31-35/h5-7,9,20,28,31-34,37,39,41-43,47H,8,10-19,21-27,29-30H2,1-4H3,(H,58,71)(H,59,72)(H,62,68)(H,60,61,63)/t37-,39+,41+,42-,43+,47-/m1/s1. The van der Waals surface area contributed by atoms with Crippen molar-refractivity contribution in [2.75, 3.05) is 65.3 Å². The van der Waals surface area contributed by atoms with Gasteiger partial charge in [-0.1, -0.05) is 6.07 Å². The minimum absolute atomic E-state index is 0.0102. The smallest absolute Gasteiger partial charge is 0.380 e. The largest absolute Gasteiger partial charge is 0.416 e. The molecule has 3 saturated heterocycles. The molecule has 74 heavy (non-hydrogen) atoms. The first-order chi connectivity index (χ1) is 35.4. The number of halogens is 3. The Morgan fingerprint density at radius 1 is 0.905 bits per heavy atom. The molecule has 6 amide bonds. The van der Waals surface area contributed by atoms with Crippen molar-refractivity contribution < 1.29 is 46.7 Å². The van der Waals surface area contributed by atoms with E-state index < -0.39 is 23.7 Å². The van der Waals surface area contributed by atoms with E-state index in [2.05, 4.69) is 62.0 Å². The van der Waals surface area contributed by atoms with Crippen LogP contribution in [0.15, 0.2) is 49.1 Å². The Kier molecular flexibility index (Phi) is 17.4. The summed E-state index contributed by atoms with van der Waals surface area (Å²) in [7, 11) is 3.76. The summed E-state index contributed by atoms with van der Waals surface area (Å²) in [5.41, 5.74) is 0.400. The number of hydrogen-bond donors (Lipinski definition) is 4. The monoisotopic (exact) mass is 1030 g/mol. The van der Waals surface area contributed by atoms with E-state index in [4.69, 9.17) is 4.74 Å². The van der Waals surface area contributed by atoms with Gasteiger partial charge >= 0.3 is 6.18 Å². The van der Waals surface area contributed by atoms with Crippen molar-refractivity contribution in [1.29, 1.82) is 0 Å². The minimum Gasteiger partial charge on any atom is -0.380 e. The van der Waals surface area contributed by atoms with E-state index in [0.29, 0.717) is 51.0 Å². The van der Waals surface area contributed by atoms with Crippen LogP contribution >= 0.6 is 0 Å². The highest BCUT2D eigenvalue weighted by Crippen LogP contribution is 2.46. The molecular formula is C53H72F3N11O7. The first kappa shape index (κ1) is 54.3. The first-order valence-corrected chi connectivity index (χ1v) is 26.4. The number of nitrogens with one attached hydrogen (secondary N) is 4. The van der Waals surface area contributed by atoms with Crippen LogP contribution < -0.4 is 21.3 Å². The van der Waals surface area contributed by atoms with Crippen LogP contribution in [0.2, 0.25) is 0 Å². The van der Waals surface area contributed by atoms with Gasteiger partial charge in [-0.2, -0.15) is 13.2 Å². The zero-order valence-corrected chi connectivity index (χ0v) is 43.0. The zero-order valence-electron chi connectivity index (χ0n) is 43.0. The summed E-state index contributed by atoms with van der Waals surface area (Å²) in [6.45, 7) is 6.81. The number of ether oxygens (including phenoxy) is 1. The number of carbonyl (C=O) groups is 6. The lowest BCUT2D eigenvalue weighted by Crippen LogP contribution is -2.58. The molecule has 0 radical (unpaired) electrons. The number of aromatic nitrogens is 3. The van der Waals surface area contributed by atoms with Crippen LogP contribution in [0, 0.1) is 17.3 Å². The van der Waals surface area contributed by atoms with E-state index in [1.165, 1.54) is 12.4 Å². The number of rotatable bonds is 18. The molecule has 6 atom stereocenters. The molecule has 18 nitrogen and oxygen atoms in total. The Bertz CT molecular complexity index is 2480. The third-order valence-electron chi connectivity index (χ3n) is 16.6. The molecule has 21 heteroatoms. The number of hydrogen-bond acceptors (Lipinski definition) is 12. The second kappa shape index (κ2) is 23.7. The fourth-order valence-electron chi connectivity index (χ4n) is 12.0. The molecule has 5 heterocycles. The van der Waals surface area contributed by atoms with Crippen LogP contribution in [0.3, 0.4) is 0 Å². The number of piperidine rings is 1. The van der Waals surface area contributed by atoms with E-state index in [0.717, 1.165) is 62.6 Å². The molecule has 2 aromatic heterocycles. The molecule has 5 aliphatic rings. The van der Waals surface area contributed by atoms with Crippen LogP contribution in [0.5, 0.6) is 0 Å². The fourth-order valence-corrected chi connectivity index (χ4v) is 12.0. The average molecular weight is 1030 g/mol. The summed E-state index contributed by atoms with van der Waals surface area (Å²) in [6.07, 6.45) is 8.08. The molecule has 0 unspecified atom stereocenters. The Hall–Kier alpha value is -5.96. The number of likely N-dealkylation sites (tertiary alicyclic amines) is 3. The summed E-state index contributed by atoms with van der Waals surface area (Å²) in [4.78, 5) is 99.6. The van der Waals surface area contributed by atoms with E-state index in [1.807, 2.05) is 11.0 Å². The van der Waals surface area contributed by atoms with Crippen molar-refractivity contribution in [3.05, 3.63) is 60.2 Å². The average Bonchev–Trinajstić information content (AvgIpc) is 3.91. The first-order valence-electron chi connectivity index (χ1n) is 26.4. The van der Waals surface area contributed by atoms with E-state index in [-0.39, 0.29) is 127 Å². The number of pyridine rings is 1. The molecule has 1 aromatic carbocycles. The lowest BCUT2D eigenvalue weighted by Gasteiger charge is -2.45. The van der Waals surface area contributed by atoms with Crippen molar-refractivity contribution in [3.8, 4) is 0 Å². The number of fused-ring (bicyclic) bond motifs is 1. The highest BCUT2D eigenvalue weighted by atomic mass is 19.4. The molecule has 2 saturated carbocycles. The number of benzene rings is 1. The van der Waals surface area contributed by atoms with Crippen LogP contribution in [-0.2, 0) is 39.7 Å². The highest BCUT2D eigenvalue weighted by Gasteiger charge is 2.45. The Labute approximate surface area is 430 Å². The SMILES string of the molecule is CC(C)N(C)[C@@H]1CC[C@H](N2CC[C@H](Nc3ncnc4ccc(C(F)(F)F)cc34)C2=O)[C@H](NC(=O)CCOCCC(=O)N2CCC3(CCC(C(=O)NCCNC(=O)[C@H]4CC(=O)N(C)[C@@H]4c4cccnc4)CC3)CC2)C1. The van der Waals surface area contributed by atoms with Gasteiger partial charge in [-0.15, -0.1) is 0 Å². The fraction of sp³-hybridized carbons (Fsp3) is 0.642. The lowest BCUT2D eigenvalue weighted by atomic mass is 9.65. The van der Waals surface area contributed by atoms with Gasteiger partial charge in [0.25, 0.3) is 0 Å². The Balaban J connectivity index is 0.729. The van der Waals surface area contributed by atoms with Crippen molar-refractivity contribution in [2.24, 2.45) is 17.3 Å². The molecule has 8 rings (SSSR count). The number of alkyl halides is 3. The van der Waals surface area contributed by atoms with Gasteiger partial charge in [-0.25, -0.2) is 9.97 Å². The minimum atomic E-state index is -4.56. The van der Waals surface area contributed by atoms with E-state index >= 15 is 0 Å². The van der Waals surface area contributed by atoms with Crippen LogP contribution in [-0.4, -0.2) is 160 Å². The van der Waals surface area contributed by atoms with Crippen molar-refractivity contribution in [3.63, 3.8) is 0 Å². The van der Waals surface area contributed by atoms with Gasteiger partial charge in [0.15, 0.2) is 0 Å². The maximum atomic E-state index is 14.0. The second-order valence-corrected chi connectivity index (χ2v) is 21.3. The van der Waals surface area contributed by atoms with Crippen molar-refractivity contribution in [2.45, 2.75) is 140 Å². The molecule has 1 spiro atoms. The summed E-state index contributed by atoms with van der Waals surface area (Å²) >= 11 is 0. The van der Waals surface area contributed by atoms with Gasteiger partial charge in [0.1, 0.15) is 18.2 Å². The van der Waals surface area contributed by atoms with E-state index in [1.54, 1.807) is 35.3 Å². The molecule has 2 aliphatic carbocycles. The van der Waals surface area contributed by atoms with Gasteiger partial charge in [0.2, 0.25) is 35.4 Å². The molecule has 0 bridgehead atoms. The van der Waals surface area contributed by atoms with Gasteiger partial charge in [-0.3, -0.25) is 33.8 Å². The number of carbonyl (C=O) groups excluding carboxylic acids is 6. The lowest BCUT2D eigenvalue weighted by molar-refractivity contribution is -0.138. The molecule has 5 fully saturated rings. The Morgan fingerprint density at radius 3 is 2.34 bits per heavy atom. The third kappa shape index (κ3) is 12.7. The molecule has 402 valence electrons. The second-order valence-electron chi connectivity index (χ2n) is 21.3. The van der Waals surface area contributed by atoms with Crippen LogP contribution in [0.1, 0.15) is 114 Å². The van der Waals surface area contributed by atoms with Crippen molar-refractivity contribution >= 4 is 52.2 Å². The topological polar surface area (TPSA) is 211 Å². The predicted octanol–water partition coefficient (Wildman–Crippen LogP) is 4.85. The van der Waals surface area contributed by atoms with Gasteiger partial charge in [0.05, 0.1) is 54.8 Å². The number of anilines is 1. The third-order valence-corrected chi connectivity index (χ3v) is 16.6. The normalized spacial score (nSPS) is 24.5. The number of amides is 6. The zero-order chi connectivity index (χ0) is 52.7. The van der Waals surface area contributed by atoms with Crippen LogP contribution in [0.4, 0.5) is 19.0 Å². The molecule has 3 aromatic rings. The summed E-state index contributed by atoms with van der Waals surface area (Å²) in [5.74, 6) is -1.22. The predicted molar refractivity (Wildman–Crippen MR) is 269 cm³/mol. The molecule has 4 N–H and O–H groups in total. The highest BCUT2D eigenvalue weighted by molar-refractivity contribution is 5.94. The van der Waals surface area contributed by atoms with Gasteiger partial charge in [0, 0.05) is 88.4 Å². The molecule has 3 aliphatic heterocycles. The molecular weight excluding hydrogens is 960 g/mol. The summed E-state index contributed by atoms with van der Waals surface area (Å²) in [6, 6.07) is 5.64.